The van der Waals surface area contributed by atoms with E-state index in [4.69, 9.17) is 4.74 Å². The second kappa shape index (κ2) is 8.01. The minimum absolute atomic E-state index is 0.307. The molecule has 0 N–H and O–H groups in total. The number of carbonyl (C=O) groups is 1. The lowest BCUT2D eigenvalue weighted by Crippen LogP contribution is -1.99. The molecule has 2 aromatic carbocycles. The van der Waals surface area contributed by atoms with E-state index in [2.05, 4.69) is 62.4 Å². The van der Waals surface area contributed by atoms with Gasteiger partial charge in [0.1, 0.15) is 0 Å². The Bertz CT molecular complexity index is 819. The average Bonchev–Trinajstić information content (AvgIpc) is 3.02. The molecule has 0 atom stereocenters. The first-order valence-corrected chi connectivity index (χ1v) is 9.09. The van der Waals surface area contributed by atoms with Crippen molar-refractivity contribution in [3.05, 3.63) is 94.6 Å². The van der Waals surface area contributed by atoms with Crippen LogP contribution in [0.15, 0.2) is 83.5 Å². The summed E-state index contributed by atoms with van der Waals surface area (Å²) in [4.78, 5) is 12.0. The highest BCUT2D eigenvalue weighted by Gasteiger charge is 2.29. The molecular formula is C24H24O2. The molecule has 2 nitrogen and oxygen atoms in total. The molecule has 0 unspecified atom stereocenters. The zero-order valence-corrected chi connectivity index (χ0v) is 15.6. The van der Waals surface area contributed by atoms with E-state index in [1.54, 1.807) is 6.08 Å². The Morgan fingerprint density at radius 3 is 1.58 bits per heavy atom. The lowest BCUT2D eigenvalue weighted by Gasteiger charge is -2.13. The van der Waals surface area contributed by atoms with Crippen LogP contribution < -0.4 is 0 Å². The first-order chi connectivity index (χ1) is 12.7. The Kier molecular flexibility index (Phi) is 5.52. The molecule has 0 bridgehead atoms. The number of allylic oxidation sites excluding steroid dienone is 5. The predicted molar refractivity (Wildman–Crippen MR) is 107 cm³/mol. The molecule has 0 amide bonds. The Morgan fingerprint density at radius 2 is 1.23 bits per heavy atom. The minimum atomic E-state index is -0.307. The van der Waals surface area contributed by atoms with Crippen LogP contribution in [0.25, 0.3) is 11.1 Å². The molecule has 0 saturated heterocycles. The molecule has 132 valence electrons. The van der Waals surface area contributed by atoms with E-state index in [1.807, 2.05) is 12.1 Å². The standard InChI is InChI=1S/C24H24O2/c1-4-19-21(16-22(25)26-3)20(5-2)24(18-14-10-7-11-15-18)23(19)17-12-8-6-9-13-17/h6-16H,4-5H2,1-3H3. The fraction of sp³-hybridized carbons (Fsp3) is 0.208. The first-order valence-electron chi connectivity index (χ1n) is 9.09. The van der Waals surface area contributed by atoms with Crippen molar-refractivity contribution in [3.63, 3.8) is 0 Å². The second-order valence-electron chi connectivity index (χ2n) is 6.23. The molecule has 3 rings (SSSR count). The van der Waals surface area contributed by atoms with Crippen molar-refractivity contribution in [2.24, 2.45) is 0 Å². The van der Waals surface area contributed by atoms with E-state index in [1.165, 1.54) is 40.5 Å². The average molecular weight is 344 g/mol. The van der Waals surface area contributed by atoms with Gasteiger partial charge in [-0.15, -0.1) is 0 Å². The van der Waals surface area contributed by atoms with Crippen molar-refractivity contribution in [1.82, 2.24) is 0 Å². The molecular weight excluding hydrogens is 320 g/mol. The van der Waals surface area contributed by atoms with E-state index < -0.39 is 0 Å². The van der Waals surface area contributed by atoms with E-state index in [-0.39, 0.29) is 5.97 Å². The van der Waals surface area contributed by atoms with E-state index in [0.29, 0.717) is 0 Å². The van der Waals surface area contributed by atoms with Crippen LogP contribution in [0.4, 0.5) is 0 Å². The second-order valence-corrected chi connectivity index (χ2v) is 6.23. The van der Waals surface area contributed by atoms with Crippen molar-refractivity contribution < 1.29 is 9.53 Å². The summed E-state index contributed by atoms with van der Waals surface area (Å²) in [5.74, 6) is -0.307. The zero-order chi connectivity index (χ0) is 18.5. The Balaban J connectivity index is 2.34. The number of hydrogen-bond donors (Lipinski definition) is 0. The van der Waals surface area contributed by atoms with Gasteiger partial charge in [-0.05, 0) is 51.8 Å². The largest absolute Gasteiger partial charge is 0.466 e. The SMILES string of the molecule is CCC1=C(c2ccccc2)C(c2ccccc2)=C(CC)C1=CC(=O)OC. The number of hydrogen-bond acceptors (Lipinski definition) is 2. The van der Waals surface area contributed by atoms with Crippen molar-refractivity contribution in [3.8, 4) is 0 Å². The van der Waals surface area contributed by atoms with Crippen molar-refractivity contribution in [2.75, 3.05) is 7.11 Å². The van der Waals surface area contributed by atoms with Crippen LogP contribution >= 0.6 is 0 Å². The van der Waals surface area contributed by atoms with Gasteiger partial charge in [-0.3, -0.25) is 0 Å². The Labute approximate surface area is 155 Å². The molecule has 0 heterocycles. The smallest absolute Gasteiger partial charge is 0.331 e. The summed E-state index contributed by atoms with van der Waals surface area (Å²) >= 11 is 0. The number of benzene rings is 2. The van der Waals surface area contributed by atoms with Gasteiger partial charge in [0.05, 0.1) is 7.11 Å². The fourth-order valence-corrected chi connectivity index (χ4v) is 3.69. The maximum atomic E-state index is 12.0. The Hall–Kier alpha value is -2.87. The molecule has 2 heteroatoms. The Morgan fingerprint density at radius 1 is 0.808 bits per heavy atom. The summed E-state index contributed by atoms with van der Waals surface area (Å²) < 4.78 is 4.92. The van der Waals surface area contributed by atoms with E-state index in [9.17, 15) is 4.79 Å². The number of esters is 1. The van der Waals surface area contributed by atoms with Crippen LogP contribution in [0.1, 0.15) is 37.8 Å². The highest BCUT2D eigenvalue weighted by Crippen LogP contribution is 2.49. The van der Waals surface area contributed by atoms with Crippen molar-refractivity contribution >= 4 is 17.1 Å². The topological polar surface area (TPSA) is 26.3 Å². The summed E-state index contributed by atoms with van der Waals surface area (Å²) in [6, 6.07) is 20.9. The third-order valence-corrected chi connectivity index (χ3v) is 4.80. The molecule has 0 fully saturated rings. The summed E-state index contributed by atoms with van der Waals surface area (Å²) in [6.07, 6.45) is 3.36. The lowest BCUT2D eigenvalue weighted by atomic mass is 9.91. The quantitative estimate of drug-likeness (QED) is 0.504. The van der Waals surface area contributed by atoms with Crippen LogP contribution in [0.2, 0.25) is 0 Å². The summed E-state index contributed by atoms with van der Waals surface area (Å²) in [5.41, 5.74) is 8.25. The predicted octanol–water partition coefficient (Wildman–Crippen LogP) is 5.83. The van der Waals surface area contributed by atoms with Crippen LogP contribution in [-0.4, -0.2) is 13.1 Å². The van der Waals surface area contributed by atoms with Gasteiger partial charge < -0.3 is 4.74 Å². The van der Waals surface area contributed by atoms with Crippen molar-refractivity contribution in [1.29, 1.82) is 0 Å². The number of methoxy groups -OCH3 is 1. The van der Waals surface area contributed by atoms with Crippen LogP contribution in [0, 0.1) is 0 Å². The van der Waals surface area contributed by atoms with Crippen LogP contribution in [0.3, 0.4) is 0 Å². The van der Waals surface area contributed by atoms with E-state index in [0.717, 1.165) is 18.4 Å². The van der Waals surface area contributed by atoms with Gasteiger partial charge in [0.15, 0.2) is 0 Å². The highest BCUT2D eigenvalue weighted by molar-refractivity contribution is 6.14. The maximum absolute atomic E-state index is 12.0. The summed E-state index contributed by atoms with van der Waals surface area (Å²) in [7, 11) is 1.43. The summed E-state index contributed by atoms with van der Waals surface area (Å²) in [5, 5.41) is 0. The monoisotopic (exact) mass is 344 g/mol. The van der Waals surface area contributed by atoms with Gasteiger partial charge in [0.25, 0.3) is 0 Å². The normalized spacial score (nSPS) is 14.0. The number of carbonyl (C=O) groups excluding carboxylic acids is 1. The first kappa shape index (κ1) is 17.9. The highest BCUT2D eigenvalue weighted by atomic mass is 16.5. The van der Waals surface area contributed by atoms with Gasteiger partial charge in [-0.1, -0.05) is 74.5 Å². The van der Waals surface area contributed by atoms with Gasteiger partial charge in [-0.2, -0.15) is 0 Å². The molecule has 0 spiro atoms. The molecule has 1 aliphatic carbocycles. The molecule has 0 radical (unpaired) electrons. The van der Waals surface area contributed by atoms with E-state index >= 15 is 0 Å². The van der Waals surface area contributed by atoms with Crippen molar-refractivity contribution in [2.45, 2.75) is 26.7 Å². The third kappa shape index (κ3) is 3.28. The van der Waals surface area contributed by atoms with Crippen LogP contribution in [0.5, 0.6) is 0 Å². The third-order valence-electron chi connectivity index (χ3n) is 4.80. The molecule has 1 aliphatic rings. The van der Waals surface area contributed by atoms with Gasteiger partial charge in [-0.25, -0.2) is 4.79 Å². The van der Waals surface area contributed by atoms with Gasteiger partial charge >= 0.3 is 5.97 Å². The van der Waals surface area contributed by atoms with Crippen LogP contribution in [-0.2, 0) is 9.53 Å². The molecule has 0 saturated carbocycles. The minimum Gasteiger partial charge on any atom is -0.466 e. The molecule has 26 heavy (non-hydrogen) atoms. The lowest BCUT2D eigenvalue weighted by molar-refractivity contribution is -0.134. The van der Waals surface area contributed by atoms with Gasteiger partial charge in [0, 0.05) is 6.08 Å². The molecule has 2 aromatic rings. The number of rotatable bonds is 5. The maximum Gasteiger partial charge on any atom is 0.331 e. The molecule has 0 aromatic heterocycles. The summed E-state index contributed by atoms with van der Waals surface area (Å²) in [6.45, 7) is 4.29. The number of ether oxygens (including phenoxy) is 1. The van der Waals surface area contributed by atoms with Gasteiger partial charge in [0.2, 0.25) is 0 Å². The molecule has 0 aliphatic heterocycles. The zero-order valence-electron chi connectivity index (χ0n) is 15.6. The fourth-order valence-electron chi connectivity index (χ4n) is 3.69.